The summed E-state index contributed by atoms with van der Waals surface area (Å²) >= 11 is 0. The van der Waals surface area contributed by atoms with Gasteiger partial charge in [-0.25, -0.2) is 0 Å². The molecule has 0 saturated carbocycles. The van der Waals surface area contributed by atoms with Crippen LogP contribution in [0.15, 0.2) is 12.2 Å². The Hall–Kier alpha value is -0.830. The van der Waals surface area contributed by atoms with Gasteiger partial charge in [0.05, 0.1) is 0 Å². The van der Waals surface area contributed by atoms with Crippen LogP contribution in [0.1, 0.15) is 33.6 Å². The van der Waals surface area contributed by atoms with Gasteiger partial charge in [-0.3, -0.25) is 4.79 Å². The van der Waals surface area contributed by atoms with Crippen molar-refractivity contribution in [3.05, 3.63) is 12.2 Å². The van der Waals surface area contributed by atoms with Crippen LogP contribution in [0, 0.1) is 5.41 Å². The molecule has 0 aromatic rings. The van der Waals surface area contributed by atoms with Gasteiger partial charge in [-0.1, -0.05) is 19.1 Å². The summed E-state index contributed by atoms with van der Waals surface area (Å²) in [5, 5.41) is 3.30. The predicted octanol–water partition coefficient (Wildman–Crippen LogP) is 1.80. The molecule has 1 N–H and O–H groups in total. The predicted molar refractivity (Wildman–Crippen MR) is 67.3 cm³/mol. The molecule has 1 fully saturated rings. The number of nitrogens with one attached hydrogen (secondary N) is 1. The van der Waals surface area contributed by atoms with Crippen LogP contribution < -0.4 is 5.32 Å². The Bertz CT molecular complexity index is 267. The summed E-state index contributed by atoms with van der Waals surface area (Å²) in [4.78, 5) is 14.4. The second-order valence-electron chi connectivity index (χ2n) is 5.09. The van der Waals surface area contributed by atoms with E-state index in [1.54, 1.807) is 0 Å². The summed E-state index contributed by atoms with van der Waals surface area (Å²) in [7, 11) is 0. The van der Waals surface area contributed by atoms with Crippen LogP contribution in [-0.2, 0) is 4.79 Å². The molecule has 0 radical (unpaired) electrons. The van der Waals surface area contributed by atoms with E-state index < -0.39 is 0 Å². The Morgan fingerprint density at radius 1 is 1.44 bits per heavy atom. The third-order valence-electron chi connectivity index (χ3n) is 3.35. The zero-order chi connectivity index (χ0) is 12.2. The monoisotopic (exact) mass is 224 g/mol. The van der Waals surface area contributed by atoms with Gasteiger partial charge in [0, 0.05) is 18.5 Å². The van der Waals surface area contributed by atoms with Crippen molar-refractivity contribution in [3.8, 4) is 0 Å². The van der Waals surface area contributed by atoms with E-state index in [0.29, 0.717) is 12.5 Å². The molecule has 3 heteroatoms. The molecule has 1 rings (SSSR count). The summed E-state index contributed by atoms with van der Waals surface area (Å²) in [6, 6.07) is 0. The number of nitrogens with zero attached hydrogens (tertiary/aromatic N) is 1. The standard InChI is InChI=1S/C13H24N2O/c1-5-15(10-11(2)3)12(16)13(4)6-8-14-9-7-13/h14H,2,5-10H2,1,3-4H3. The maximum Gasteiger partial charge on any atom is 0.228 e. The van der Waals surface area contributed by atoms with Gasteiger partial charge < -0.3 is 10.2 Å². The second-order valence-corrected chi connectivity index (χ2v) is 5.09. The number of piperidine rings is 1. The summed E-state index contributed by atoms with van der Waals surface area (Å²) < 4.78 is 0. The zero-order valence-corrected chi connectivity index (χ0v) is 10.8. The number of rotatable bonds is 4. The quantitative estimate of drug-likeness (QED) is 0.739. The molecule has 0 aliphatic carbocycles. The van der Waals surface area contributed by atoms with Gasteiger partial charge in [-0.05, 0) is 39.8 Å². The second kappa shape index (κ2) is 5.48. The average molecular weight is 224 g/mol. The molecule has 1 saturated heterocycles. The molecule has 0 aromatic heterocycles. The van der Waals surface area contributed by atoms with Crippen molar-refractivity contribution in [1.82, 2.24) is 10.2 Å². The SMILES string of the molecule is C=C(C)CN(CC)C(=O)C1(C)CCNCC1. The van der Waals surface area contributed by atoms with E-state index in [-0.39, 0.29) is 5.41 Å². The Morgan fingerprint density at radius 3 is 2.44 bits per heavy atom. The van der Waals surface area contributed by atoms with Crippen molar-refractivity contribution in [2.24, 2.45) is 5.41 Å². The summed E-state index contributed by atoms with van der Waals surface area (Å²) in [6.07, 6.45) is 1.89. The van der Waals surface area contributed by atoms with Gasteiger partial charge in [0.25, 0.3) is 0 Å². The average Bonchev–Trinajstić information content (AvgIpc) is 2.25. The highest BCUT2D eigenvalue weighted by Crippen LogP contribution is 2.30. The first-order valence-electron chi connectivity index (χ1n) is 6.14. The maximum absolute atomic E-state index is 12.4. The first-order valence-corrected chi connectivity index (χ1v) is 6.14. The number of hydrogen-bond acceptors (Lipinski definition) is 2. The number of amides is 1. The highest BCUT2D eigenvalue weighted by atomic mass is 16.2. The molecule has 0 spiro atoms. The van der Waals surface area contributed by atoms with Gasteiger partial charge in [0.15, 0.2) is 0 Å². The first kappa shape index (κ1) is 13.2. The smallest absolute Gasteiger partial charge is 0.228 e. The van der Waals surface area contributed by atoms with Crippen molar-refractivity contribution in [2.45, 2.75) is 33.6 Å². The van der Waals surface area contributed by atoms with Gasteiger partial charge in [-0.15, -0.1) is 0 Å². The molecule has 0 aromatic carbocycles. The molecule has 1 amide bonds. The Kier molecular flexibility index (Phi) is 4.54. The lowest BCUT2D eigenvalue weighted by Crippen LogP contribution is -2.48. The zero-order valence-electron chi connectivity index (χ0n) is 10.8. The fourth-order valence-corrected chi connectivity index (χ4v) is 2.23. The van der Waals surface area contributed by atoms with Gasteiger partial charge in [0.2, 0.25) is 5.91 Å². The molecule has 1 aliphatic heterocycles. The van der Waals surface area contributed by atoms with Crippen molar-refractivity contribution >= 4 is 5.91 Å². The fraction of sp³-hybridized carbons (Fsp3) is 0.769. The van der Waals surface area contributed by atoms with Crippen LogP contribution in [0.3, 0.4) is 0 Å². The molecule has 1 heterocycles. The molecule has 0 atom stereocenters. The Labute approximate surface area is 98.9 Å². The van der Waals surface area contributed by atoms with Crippen LogP contribution >= 0.6 is 0 Å². The fourth-order valence-electron chi connectivity index (χ4n) is 2.23. The molecule has 16 heavy (non-hydrogen) atoms. The maximum atomic E-state index is 12.4. The topological polar surface area (TPSA) is 32.3 Å². The third-order valence-corrected chi connectivity index (χ3v) is 3.35. The van der Waals surface area contributed by atoms with E-state index in [2.05, 4.69) is 18.8 Å². The lowest BCUT2D eigenvalue weighted by atomic mass is 9.79. The van der Waals surface area contributed by atoms with Crippen molar-refractivity contribution in [3.63, 3.8) is 0 Å². The van der Waals surface area contributed by atoms with Crippen LogP contribution in [0.2, 0.25) is 0 Å². The van der Waals surface area contributed by atoms with E-state index in [0.717, 1.165) is 38.0 Å². The van der Waals surface area contributed by atoms with Crippen LogP contribution in [0.25, 0.3) is 0 Å². The molecular formula is C13H24N2O. The van der Waals surface area contributed by atoms with Crippen molar-refractivity contribution in [1.29, 1.82) is 0 Å². The normalized spacial score (nSPS) is 19.2. The van der Waals surface area contributed by atoms with Crippen molar-refractivity contribution < 1.29 is 4.79 Å². The third kappa shape index (κ3) is 3.08. The summed E-state index contributed by atoms with van der Waals surface area (Å²) in [5.74, 6) is 0.291. The van der Waals surface area contributed by atoms with Crippen LogP contribution in [0.4, 0.5) is 0 Å². The Balaban J connectivity index is 2.68. The molecule has 1 aliphatic rings. The highest BCUT2D eigenvalue weighted by molar-refractivity contribution is 5.82. The molecule has 0 unspecified atom stereocenters. The molecule has 92 valence electrons. The number of carbonyl (C=O) groups excluding carboxylic acids is 1. The minimum atomic E-state index is -0.170. The van der Waals surface area contributed by atoms with Crippen molar-refractivity contribution in [2.75, 3.05) is 26.2 Å². The number of hydrogen-bond donors (Lipinski definition) is 1. The summed E-state index contributed by atoms with van der Waals surface area (Å²) in [5.41, 5.74) is 0.879. The van der Waals surface area contributed by atoms with Gasteiger partial charge in [0.1, 0.15) is 0 Å². The summed E-state index contributed by atoms with van der Waals surface area (Å²) in [6.45, 7) is 13.4. The van der Waals surface area contributed by atoms with Gasteiger partial charge >= 0.3 is 0 Å². The highest BCUT2D eigenvalue weighted by Gasteiger charge is 2.36. The number of carbonyl (C=O) groups is 1. The van der Waals surface area contributed by atoms with Gasteiger partial charge in [-0.2, -0.15) is 0 Å². The lowest BCUT2D eigenvalue weighted by molar-refractivity contribution is -0.142. The van der Waals surface area contributed by atoms with Crippen LogP contribution in [0.5, 0.6) is 0 Å². The minimum Gasteiger partial charge on any atom is -0.339 e. The lowest BCUT2D eigenvalue weighted by Gasteiger charge is -2.37. The molecule has 3 nitrogen and oxygen atoms in total. The van der Waals surface area contributed by atoms with E-state index >= 15 is 0 Å². The molecule has 0 bridgehead atoms. The van der Waals surface area contributed by atoms with E-state index in [4.69, 9.17) is 0 Å². The first-order chi connectivity index (χ1) is 7.49. The minimum absolute atomic E-state index is 0.170. The van der Waals surface area contributed by atoms with E-state index in [1.807, 2.05) is 18.7 Å². The molecular weight excluding hydrogens is 200 g/mol. The largest absolute Gasteiger partial charge is 0.339 e. The Morgan fingerprint density at radius 2 is 2.00 bits per heavy atom. The van der Waals surface area contributed by atoms with E-state index in [9.17, 15) is 4.79 Å². The number of likely N-dealkylation sites (N-methyl/N-ethyl adjacent to an activating group) is 1. The van der Waals surface area contributed by atoms with Crippen LogP contribution in [-0.4, -0.2) is 37.0 Å². The van der Waals surface area contributed by atoms with E-state index in [1.165, 1.54) is 0 Å².